The third kappa shape index (κ3) is 5.68. The first-order valence-corrected chi connectivity index (χ1v) is 5.02. The van der Waals surface area contributed by atoms with Gasteiger partial charge in [-0.2, -0.15) is 5.26 Å². The van der Waals surface area contributed by atoms with E-state index in [1.165, 1.54) is 0 Å². The van der Waals surface area contributed by atoms with Crippen LogP contribution in [-0.4, -0.2) is 30.4 Å². The Balaban J connectivity index is 3.90. The molecule has 0 aliphatic heterocycles. The van der Waals surface area contributed by atoms with Crippen molar-refractivity contribution in [1.82, 2.24) is 4.90 Å². The molecule has 0 N–H and O–H groups in total. The molecule has 0 rings (SSSR count). The van der Waals surface area contributed by atoms with Crippen LogP contribution in [0.2, 0.25) is 0 Å². The molecule has 0 heterocycles. The fraction of sp³-hybridized carbons (Fsp3) is 0.700. The van der Waals surface area contributed by atoms with Gasteiger partial charge in [-0.3, -0.25) is 4.90 Å². The van der Waals surface area contributed by atoms with Gasteiger partial charge in [-0.1, -0.05) is 13.5 Å². The Morgan fingerprint density at radius 2 is 2.31 bits per heavy atom. The number of nitrogens with zero attached hydrogens (tertiary/aromatic N) is 2. The van der Waals surface area contributed by atoms with Crippen molar-refractivity contribution in [3.05, 3.63) is 12.2 Å². The SMILES string of the molecule is C=C(CCl)CN(CC)CC(C)C#N. The highest BCUT2D eigenvalue weighted by atomic mass is 35.5. The maximum atomic E-state index is 8.65. The summed E-state index contributed by atoms with van der Waals surface area (Å²) in [7, 11) is 0. The van der Waals surface area contributed by atoms with E-state index in [2.05, 4.69) is 24.5 Å². The van der Waals surface area contributed by atoms with E-state index < -0.39 is 0 Å². The minimum atomic E-state index is 0.0723. The van der Waals surface area contributed by atoms with Gasteiger partial charge in [0.1, 0.15) is 0 Å². The highest BCUT2D eigenvalue weighted by molar-refractivity contribution is 6.19. The smallest absolute Gasteiger partial charge is 0.0666 e. The number of nitriles is 1. The van der Waals surface area contributed by atoms with E-state index in [4.69, 9.17) is 16.9 Å². The molecule has 0 aliphatic rings. The zero-order valence-electron chi connectivity index (χ0n) is 8.39. The number of hydrogen-bond acceptors (Lipinski definition) is 2. The van der Waals surface area contributed by atoms with Crippen LogP contribution >= 0.6 is 11.6 Å². The van der Waals surface area contributed by atoms with E-state index in [9.17, 15) is 0 Å². The van der Waals surface area contributed by atoms with Crippen LogP contribution in [0.5, 0.6) is 0 Å². The van der Waals surface area contributed by atoms with Gasteiger partial charge < -0.3 is 0 Å². The highest BCUT2D eigenvalue weighted by Crippen LogP contribution is 2.03. The van der Waals surface area contributed by atoms with Crippen LogP contribution in [0, 0.1) is 17.2 Å². The molecular weight excluding hydrogens is 184 g/mol. The molecule has 0 spiro atoms. The zero-order valence-corrected chi connectivity index (χ0v) is 9.14. The molecule has 0 radical (unpaired) electrons. The second kappa shape index (κ2) is 6.94. The van der Waals surface area contributed by atoms with E-state index in [1.54, 1.807) is 0 Å². The number of likely N-dealkylation sites (N-methyl/N-ethyl adjacent to an activating group) is 1. The lowest BCUT2D eigenvalue weighted by Crippen LogP contribution is -2.30. The molecule has 1 unspecified atom stereocenters. The molecule has 1 atom stereocenters. The van der Waals surface area contributed by atoms with Crippen LogP contribution in [0.25, 0.3) is 0 Å². The van der Waals surface area contributed by atoms with Crippen molar-refractivity contribution in [3.63, 3.8) is 0 Å². The third-order valence-electron chi connectivity index (χ3n) is 1.84. The van der Waals surface area contributed by atoms with Gasteiger partial charge in [0.2, 0.25) is 0 Å². The summed E-state index contributed by atoms with van der Waals surface area (Å²) in [4.78, 5) is 2.18. The van der Waals surface area contributed by atoms with Crippen molar-refractivity contribution in [2.75, 3.05) is 25.5 Å². The second-order valence-corrected chi connectivity index (χ2v) is 3.51. The Kier molecular flexibility index (Phi) is 6.66. The van der Waals surface area contributed by atoms with E-state index in [0.717, 1.165) is 25.2 Å². The Morgan fingerprint density at radius 3 is 2.69 bits per heavy atom. The van der Waals surface area contributed by atoms with Gasteiger partial charge >= 0.3 is 0 Å². The summed E-state index contributed by atoms with van der Waals surface area (Å²) in [6.07, 6.45) is 0. The Bertz CT molecular complexity index is 196. The van der Waals surface area contributed by atoms with Crippen molar-refractivity contribution in [2.24, 2.45) is 5.92 Å². The Labute approximate surface area is 85.8 Å². The van der Waals surface area contributed by atoms with E-state index in [0.29, 0.717) is 5.88 Å². The maximum absolute atomic E-state index is 8.65. The molecule has 0 aromatic carbocycles. The van der Waals surface area contributed by atoms with Gasteiger partial charge in [0.25, 0.3) is 0 Å². The fourth-order valence-corrected chi connectivity index (χ4v) is 1.18. The standard InChI is InChI=1S/C10H17ClN2/c1-4-13(7-9(2)5-11)8-10(3)6-12/h10H,2,4-5,7-8H2,1,3H3. The summed E-state index contributed by atoms with van der Waals surface area (Å²) in [5, 5.41) is 8.65. The van der Waals surface area contributed by atoms with Crippen molar-refractivity contribution in [2.45, 2.75) is 13.8 Å². The second-order valence-electron chi connectivity index (χ2n) is 3.24. The zero-order chi connectivity index (χ0) is 10.3. The number of alkyl halides is 1. The summed E-state index contributed by atoms with van der Waals surface area (Å²) < 4.78 is 0. The predicted octanol–water partition coefficient (Wildman–Crippen LogP) is 2.26. The molecule has 0 bridgehead atoms. The summed E-state index contributed by atoms with van der Waals surface area (Å²) in [5.74, 6) is 0.570. The predicted molar refractivity (Wildman–Crippen MR) is 56.8 cm³/mol. The number of rotatable bonds is 6. The van der Waals surface area contributed by atoms with Crippen LogP contribution in [-0.2, 0) is 0 Å². The Hall–Kier alpha value is -0.520. The lowest BCUT2D eigenvalue weighted by molar-refractivity contribution is 0.290. The van der Waals surface area contributed by atoms with Gasteiger partial charge in [0.05, 0.1) is 12.0 Å². The minimum Gasteiger partial charge on any atom is -0.298 e. The lowest BCUT2D eigenvalue weighted by Gasteiger charge is -2.21. The summed E-state index contributed by atoms with van der Waals surface area (Å²) in [5.41, 5.74) is 1.01. The summed E-state index contributed by atoms with van der Waals surface area (Å²) in [6.45, 7) is 10.4. The number of halogens is 1. The Morgan fingerprint density at radius 1 is 1.69 bits per heavy atom. The molecule has 74 valence electrons. The third-order valence-corrected chi connectivity index (χ3v) is 2.21. The molecule has 0 fully saturated rings. The molecule has 0 saturated heterocycles. The van der Waals surface area contributed by atoms with Crippen LogP contribution in [0.1, 0.15) is 13.8 Å². The van der Waals surface area contributed by atoms with Crippen molar-refractivity contribution in [3.8, 4) is 6.07 Å². The molecule has 0 aromatic rings. The topological polar surface area (TPSA) is 27.0 Å². The van der Waals surface area contributed by atoms with Gasteiger partial charge in [-0.15, -0.1) is 11.6 Å². The maximum Gasteiger partial charge on any atom is 0.0666 e. The van der Waals surface area contributed by atoms with Crippen LogP contribution in [0.15, 0.2) is 12.2 Å². The van der Waals surface area contributed by atoms with Gasteiger partial charge in [0, 0.05) is 19.0 Å². The number of hydrogen-bond donors (Lipinski definition) is 0. The molecule has 3 heteroatoms. The molecule has 0 saturated carbocycles. The first kappa shape index (κ1) is 12.5. The van der Waals surface area contributed by atoms with Crippen LogP contribution in [0.3, 0.4) is 0 Å². The first-order chi connectivity index (χ1) is 6.13. The molecule has 13 heavy (non-hydrogen) atoms. The molecule has 2 nitrogen and oxygen atoms in total. The lowest BCUT2D eigenvalue weighted by atomic mass is 10.2. The minimum absolute atomic E-state index is 0.0723. The fourth-order valence-electron chi connectivity index (χ4n) is 1.09. The van der Waals surface area contributed by atoms with E-state index >= 15 is 0 Å². The van der Waals surface area contributed by atoms with E-state index in [-0.39, 0.29) is 5.92 Å². The monoisotopic (exact) mass is 200 g/mol. The van der Waals surface area contributed by atoms with Crippen LogP contribution < -0.4 is 0 Å². The first-order valence-electron chi connectivity index (χ1n) is 4.48. The normalized spacial score (nSPS) is 12.5. The quantitative estimate of drug-likeness (QED) is 0.486. The van der Waals surface area contributed by atoms with Crippen LogP contribution in [0.4, 0.5) is 0 Å². The van der Waals surface area contributed by atoms with Crippen molar-refractivity contribution >= 4 is 11.6 Å². The molecule has 0 aromatic heterocycles. The summed E-state index contributed by atoms with van der Waals surface area (Å²) >= 11 is 5.63. The van der Waals surface area contributed by atoms with E-state index in [1.807, 2.05) is 6.92 Å². The molecule has 0 amide bonds. The highest BCUT2D eigenvalue weighted by Gasteiger charge is 2.08. The van der Waals surface area contributed by atoms with Crippen molar-refractivity contribution in [1.29, 1.82) is 5.26 Å². The average molecular weight is 201 g/mol. The van der Waals surface area contributed by atoms with Crippen molar-refractivity contribution < 1.29 is 0 Å². The average Bonchev–Trinajstić information content (AvgIpc) is 2.16. The molecule has 0 aliphatic carbocycles. The largest absolute Gasteiger partial charge is 0.298 e. The summed E-state index contributed by atoms with van der Waals surface area (Å²) in [6, 6.07) is 2.22. The van der Waals surface area contributed by atoms with Gasteiger partial charge in [-0.05, 0) is 19.0 Å². The molecular formula is C10H17ClN2. The van der Waals surface area contributed by atoms with Gasteiger partial charge in [0.15, 0.2) is 0 Å². The van der Waals surface area contributed by atoms with Gasteiger partial charge in [-0.25, -0.2) is 0 Å².